The van der Waals surface area contributed by atoms with Gasteiger partial charge in [0, 0.05) is 21.2 Å². The van der Waals surface area contributed by atoms with E-state index < -0.39 is 11.6 Å². The van der Waals surface area contributed by atoms with Crippen molar-refractivity contribution >= 4 is 29.2 Å². The number of hydrogen-bond donors (Lipinski definition) is 1. The van der Waals surface area contributed by atoms with Crippen molar-refractivity contribution in [3.63, 3.8) is 0 Å². The molecule has 0 aliphatic heterocycles. The fourth-order valence-electron chi connectivity index (χ4n) is 2.77. The number of halogens is 2. The van der Waals surface area contributed by atoms with E-state index in [0.717, 1.165) is 0 Å². The van der Waals surface area contributed by atoms with Gasteiger partial charge in [-0.05, 0) is 41.8 Å². The molecule has 1 aliphatic rings. The normalized spacial score (nSPS) is 19.6. The lowest BCUT2D eigenvalue weighted by Gasteiger charge is -2.28. The van der Waals surface area contributed by atoms with Gasteiger partial charge in [-0.15, -0.1) is 0 Å². The molecular weight excluding hydrogens is 299 g/mol. The molecule has 20 heavy (non-hydrogen) atoms. The number of hydrogen-bond acceptors (Lipinski definition) is 3. The van der Waals surface area contributed by atoms with Gasteiger partial charge >= 0.3 is 0 Å². The molecule has 0 spiro atoms. The average Bonchev–Trinajstić information content (AvgIpc) is 2.65. The van der Waals surface area contributed by atoms with E-state index in [9.17, 15) is 15.0 Å². The monoisotopic (exact) mass is 307 g/mol. The molecule has 1 N–H and O–H groups in total. The first kappa shape index (κ1) is 13.4. The molecule has 5 heteroatoms. The van der Waals surface area contributed by atoms with Crippen LogP contribution >= 0.6 is 23.2 Å². The lowest BCUT2D eigenvalue weighted by Crippen LogP contribution is -2.45. The molecule has 0 radical (unpaired) electrons. The number of carbonyl (C=O) groups excluding carboxylic acids is 1. The van der Waals surface area contributed by atoms with Crippen molar-refractivity contribution in [1.29, 1.82) is 0 Å². The zero-order valence-electron chi connectivity index (χ0n) is 10.4. The van der Waals surface area contributed by atoms with E-state index in [-0.39, 0.29) is 11.1 Å². The predicted molar refractivity (Wildman–Crippen MR) is 74.6 cm³/mol. The van der Waals surface area contributed by atoms with Gasteiger partial charge in [-0.3, -0.25) is 0 Å². The van der Waals surface area contributed by atoms with E-state index in [1.165, 1.54) is 6.07 Å². The summed E-state index contributed by atoms with van der Waals surface area (Å²) in [5, 5.41) is 23.0. The van der Waals surface area contributed by atoms with Crippen LogP contribution in [0, 0.1) is 6.92 Å². The second-order valence-electron chi connectivity index (χ2n) is 4.78. The Morgan fingerprint density at radius 1 is 1.20 bits per heavy atom. The zero-order valence-corrected chi connectivity index (χ0v) is 11.9. The van der Waals surface area contributed by atoms with Crippen molar-refractivity contribution in [3.8, 4) is 11.1 Å². The Labute approximate surface area is 125 Å². The van der Waals surface area contributed by atoms with Crippen LogP contribution in [0.1, 0.15) is 16.7 Å². The smallest absolute Gasteiger partial charge is 0.156 e. The summed E-state index contributed by atoms with van der Waals surface area (Å²) >= 11 is 12.0. The fraction of sp³-hybridized carbons (Fsp3) is 0.133. The molecule has 1 unspecified atom stereocenters. The Balaban J connectivity index is 2.47. The Kier molecular flexibility index (Phi) is 2.83. The Hall–Kier alpha value is -1.55. The summed E-state index contributed by atoms with van der Waals surface area (Å²) in [6, 6.07) is 8.15. The number of aliphatic hydroxyl groups is 1. The first-order valence-corrected chi connectivity index (χ1v) is 6.66. The van der Waals surface area contributed by atoms with Crippen LogP contribution in [0.2, 0.25) is 10.0 Å². The topological polar surface area (TPSA) is 60.4 Å². The van der Waals surface area contributed by atoms with Gasteiger partial charge in [0.15, 0.2) is 5.60 Å². The molecule has 0 aromatic heterocycles. The molecule has 3 nitrogen and oxygen atoms in total. The van der Waals surface area contributed by atoms with Crippen LogP contribution in [0.15, 0.2) is 30.3 Å². The SMILES string of the molecule is Cc1c(Cl)ccc2c1C(O)(C(=O)[O-])c1cc(Cl)ccc1-2. The highest BCUT2D eigenvalue weighted by atomic mass is 35.5. The van der Waals surface area contributed by atoms with Gasteiger partial charge in [-0.25, -0.2) is 0 Å². The van der Waals surface area contributed by atoms with Gasteiger partial charge in [0.1, 0.15) is 0 Å². The number of fused-ring (bicyclic) bond motifs is 3. The number of carbonyl (C=O) groups is 1. The number of aliphatic carboxylic acids is 1. The second kappa shape index (κ2) is 4.22. The predicted octanol–water partition coefficient (Wildman–Crippen LogP) is 2.27. The van der Waals surface area contributed by atoms with Gasteiger partial charge in [0.2, 0.25) is 0 Å². The van der Waals surface area contributed by atoms with E-state index in [0.29, 0.717) is 26.7 Å². The van der Waals surface area contributed by atoms with Crippen LogP contribution in [0.4, 0.5) is 0 Å². The summed E-state index contributed by atoms with van der Waals surface area (Å²) in [6.45, 7) is 1.67. The van der Waals surface area contributed by atoms with Gasteiger partial charge < -0.3 is 15.0 Å². The Morgan fingerprint density at radius 2 is 1.85 bits per heavy atom. The summed E-state index contributed by atoms with van der Waals surface area (Å²) in [6.07, 6.45) is 0. The van der Waals surface area contributed by atoms with E-state index in [4.69, 9.17) is 23.2 Å². The lowest BCUT2D eigenvalue weighted by molar-refractivity contribution is -0.322. The van der Waals surface area contributed by atoms with Crippen molar-refractivity contribution in [3.05, 3.63) is 57.1 Å². The molecule has 2 aromatic carbocycles. The maximum Gasteiger partial charge on any atom is 0.156 e. The first-order valence-electron chi connectivity index (χ1n) is 5.91. The van der Waals surface area contributed by atoms with Crippen molar-refractivity contribution in [1.82, 2.24) is 0 Å². The molecular formula is C15H9Cl2O3-. The van der Waals surface area contributed by atoms with Crippen LogP contribution in [0.3, 0.4) is 0 Å². The fourth-order valence-corrected chi connectivity index (χ4v) is 3.10. The number of carboxylic acid groups (broad SMARTS) is 1. The van der Waals surface area contributed by atoms with Crippen LogP contribution < -0.4 is 5.11 Å². The third-order valence-corrected chi connectivity index (χ3v) is 4.36. The molecule has 3 rings (SSSR count). The minimum absolute atomic E-state index is 0.213. The summed E-state index contributed by atoms with van der Waals surface area (Å²) in [5.74, 6) is -1.59. The second-order valence-corrected chi connectivity index (χ2v) is 5.63. The first-order chi connectivity index (χ1) is 9.37. The third-order valence-electron chi connectivity index (χ3n) is 3.72. The molecule has 1 aliphatic carbocycles. The van der Waals surface area contributed by atoms with Gasteiger partial charge in [-0.1, -0.05) is 35.3 Å². The van der Waals surface area contributed by atoms with Crippen LogP contribution in [0.5, 0.6) is 0 Å². The van der Waals surface area contributed by atoms with Crippen molar-refractivity contribution in [2.45, 2.75) is 12.5 Å². The van der Waals surface area contributed by atoms with Crippen LogP contribution in [0.25, 0.3) is 11.1 Å². The van der Waals surface area contributed by atoms with E-state index in [2.05, 4.69) is 0 Å². The molecule has 0 bridgehead atoms. The van der Waals surface area contributed by atoms with E-state index >= 15 is 0 Å². The summed E-state index contributed by atoms with van der Waals surface area (Å²) in [7, 11) is 0. The zero-order chi connectivity index (χ0) is 14.7. The minimum atomic E-state index is -2.23. The molecule has 0 saturated heterocycles. The van der Waals surface area contributed by atoms with Crippen molar-refractivity contribution in [2.24, 2.45) is 0 Å². The summed E-state index contributed by atoms with van der Waals surface area (Å²) in [4.78, 5) is 11.6. The highest BCUT2D eigenvalue weighted by molar-refractivity contribution is 6.32. The molecule has 0 saturated carbocycles. The average molecular weight is 308 g/mol. The molecule has 2 aromatic rings. The molecule has 0 heterocycles. The van der Waals surface area contributed by atoms with Gasteiger partial charge in [0.25, 0.3) is 0 Å². The highest BCUT2D eigenvalue weighted by Gasteiger charge is 2.44. The molecule has 0 amide bonds. The minimum Gasteiger partial charge on any atom is -0.546 e. The standard InChI is InChI=1S/C15H10Cl2O3/c1-7-12(17)5-4-10-9-3-2-8(16)6-11(9)15(20,13(7)10)14(18)19/h2-6,20H,1H3,(H,18,19)/p-1. The summed E-state index contributed by atoms with van der Waals surface area (Å²) in [5.41, 5.74) is 0.00170. The van der Waals surface area contributed by atoms with E-state index in [1.54, 1.807) is 31.2 Å². The van der Waals surface area contributed by atoms with Crippen LogP contribution in [-0.4, -0.2) is 11.1 Å². The largest absolute Gasteiger partial charge is 0.546 e. The number of carboxylic acids is 1. The number of benzene rings is 2. The molecule has 0 fully saturated rings. The number of rotatable bonds is 1. The van der Waals surface area contributed by atoms with E-state index in [1.807, 2.05) is 0 Å². The van der Waals surface area contributed by atoms with Crippen molar-refractivity contribution < 1.29 is 15.0 Å². The highest BCUT2D eigenvalue weighted by Crippen LogP contribution is 2.50. The lowest BCUT2D eigenvalue weighted by atomic mass is 9.89. The molecule has 1 atom stereocenters. The van der Waals surface area contributed by atoms with Gasteiger partial charge in [-0.2, -0.15) is 0 Å². The Bertz CT molecular complexity index is 755. The molecule has 102 valence electrons. The van der Waals surface area contributed by atoms with Gasteiger partial charge in [0.05, 0.1) is 5.97 Å². The third kappa shape index (κ3) is 1.54. The quantitative estimate of drug-likeness (QED) is 0.879. The maximum absolute atomic E-state index is 11.6. The Morgan fingerprint density at radius 3 is 2.50 bits per heavy atom. The van der Waals surface area contributed by atoms with Crippen molar-refractivity contribution in [2.75, 3.05) is 0 Å². The summed E-state index contributed by atoms with van der Waals surface area (Å²) < 4.78 is 0. The van der Waals surface area contributed by atoms with Crippen LogP contribution in [-0.2, 0) is 10.4 Å². The maximum atomic E-state index is 11.6.